The highest BCUT2D eigenvalue weighted by Gasteiger charge is 2.15. The molecule has 0 radical (unpaired) electrons. The van der Waals surface area contributed by atoms with Crippen molar-refractivity contribution in [2.75, 3.05) is 11.5 Å². The summed E-state index contributed by atoms with van der Waals surface area (Å²) in [5, 5.41) is 4.93. The highest BCUT2D eigenvalue weighted by molar-refractivity contribution is 9.10. The van der Waals surface area contributed by atoms with E-state index in [9.17, 15) is 9.59 Å². The summed E-state index contributed by atoms with van der Waals surface area (Å²) in [6, 6.07) is 4.93. The first-order chi connectivity index (χ1) is 9.17. The van der Waals surface area contributed by atoms with Crippen LogP contribution in [0, 0.1) is 0 Å². The van der Waals surface area contributed by atoms with Crippen LogP contribution in [0.25, 0.3) is 0 Å². The largest absolute Gasteiger partial charge is 0.398 e. The molecular weight excluding hydrogens is 342 g/mol. The molecule has 0 saturated heterocycles. The van der Waals surface area contributed by atoms with E-state index in [2.05, 4.69) is 26.6 Å². The van der Waals surface area contributed by atoms with Crippen LogP contribution in [0.2, 0.25) is 0 Å². The molecule has 0 bridgehead atoms. The minimum Gasteiger partial charge on any atom is -0.398 e. The summed E-state index contributed by atoms with van der Waals surface area (Å²) in [5.41, 5.74) is 6.03. The van der Waals surface area contributed by atoms with Crippen LogP contribution in [0.15, 0.2) is 27.6 Å². The maximum atomic E-state index is 11.7. The number of halogens is 1. The number of amides is 3. The van der Waals surface area contributed by atoms with Gasteiger partial charge in [-0.05, 0) is 39.0 Å². The molecule has 0 aromatic heterocycles. The summed E-state index contributed by atoms with van der Waals surface area (Å²) < 4.78 is 0.889. The minimum atomic E-state index is -0.495. The maximum absolute atomic E-state index is 11.7. The third-order valence-electron chi connectivity index (χ3n) is 2.08. The van der Waals surface area contributed by atoms with Gasteiger partial charge >= 0.3 is 6.03 Å². The molecule has 20 heavy (non-hydrogen) atoms. The van der Waals surface area contributed by atoms with Gasteiger partial charge in [-0.2, -0.15) is 0 Å². The fourth-order valence-electron chi connectivity index (χ4n) is 1.31. The van der Waals surface area contributed by atoms with E-state index in [4.69, 9.17) is 5.73 Å². The van der Waals surface area contributed by atoms with Crippen molar-refractivity contribution in [3.63, 3.8) is 0 Å². The number of carbonyl (C=O) groups is 2. The number of thioether (sulfide) groups is 1. The van der Waals surface area contributed by atoms with Gasteiger partial charge in [0, 0.05) is 20.6 Å². The van der Waals surface area contributed by atoms with Gasteiger partial charge in [-0.1, -0.05) is 15.9 Å². The van der Waals surface area contributed by atoms with E-state index in [0.717, 1.165) is 9.37 Å². The van der Waals surface area contributed by atoms with E-state index >= 15 is 0 Å². The van der Waals surface area contributed by atoms with Crippen molar-refractivity contribution in [3.8, 4) is 0 Å². The van der Waals surface area contributed by atoms with Crippen molar-refractivity contribution in [1.29, 1.82) is 0 Å². The van der Waals surface area contributed by atoms with E-state index in [1.165, 1.54) is 11.8 Å². The zero-order valence-electron chi connectivity index (χ0n) is 11.6. The summed E-state index contributed by atoms with van der Waals surface area (Å²) in [6.07, 6.45) is 0. The van der Waals surface area contributed by atoms with Crippen molar-refractivity contribution in [2.24, 2.45) is 0 Å². The van der Waals surface area contributed by atoms with Crippen molar-refractivity contribution >= 4 is 45.3 Å². The molecule has 0 fully saturated rings. The molecule has 0 saturated carbocycles. The number of nitrogens with one attached hydrogen (secondary N) is 2. The van der Waals surface area contributed by atoms with Gasteiger partial charge in [-0.25, -0.2) is 4.79 Å². The van der Waals surface area contributed by atoms with E-state index in [1.807, 2.05) is 32.9 Å². The zero-order chi connectivity index (χ0) is 15.3. The highest BCUT2D eigenvalue weighted by Crippen LogP contribution is 2.27. The minimum absolute atomic E-state index is 0.123. The molecule has 0 heterocycles. The van der Waals surface area contributed by atoms with Crippen LogP contribution in [-0.2, 0) is 4.79 Å². The Bertz CT molecular complexity index is 515. The number of nitrogen functional groups attached to an aromatic ring is 1. The summed E-state index contributed by atoms with van der Waals surface area (Å²) in [7, 11) is 0. The van der Waals surface area contributed by atoms with Gasteiger partial charge in [-0.15, -0.1) is 11.8 Å². The summed E-state index contributed by atoms with van der Waals surface area (Å²) in [5.74, 6) is -0.241. The average molecular weight is 360 g/mol. The molecule has 7 heteroatoms. The number of hydrogen-bond donors (Lipinski definition) is 3. The Labute approximate surface area is 131 Å². The standard InChI is InChI=1S/C13H18BrN3O2S/c1-13(2,3)17-12(19)16-11(18)7-20-10-6-8(14)4-5-9(10)15/h4-6H,7,15H2,1-3H3,(H2,16,17,18,19). The monoisotopic (exact) mass is 359 g/mol. The molecule has 3 amide bonds. The molecular formula is C13H18BrN3O2S. The lowest BCUT2D eigenvalue weighted by atomic mass is 10.1. The number of benzene rings is 1. The van der Waals surface area contributed by atoms with Crippen LogP contribution in [0.3, 0.4) is 0 Å². The third-order valence-corrected chi connectivity index (χ3v) is 3.64. The van der Waals surface area contributed by atoms with E-state index in [0.29, 0.717) is 5.69 Å². The lowest BCUT2D eigenvalue weighted by Crippen LogP contribution is -2.48. The predicted octanol–water partition coefficient (Wildman–Crippen LogP) is 2.75. The first-order valence-corrected chi connectivity index (χ1v) is 7.75. The van der Waals surface area contributed by atoms with Gasteiger partial charge in [-0.3, -0.25) is 10.1 Å². The number of urea groups is 1. The molecule has 0 atom stereocenters. The number of nitrogens with two attached hydrogens (primary N) is 1. The Morgan fingerprint density at radius 2 is 2.00 bits per heavy atom. The van der Waals surface area contributed by atoms with Crippen LogP contribution in [-0.4, -0.2) is 23.2 Å². The summed E-state index contributed by atoms with van der Waals surface area (Å²) in [6.45, 7) is 5.52. The van der Waals surface area contributed by atoms with Crippen LogP contribution < -0.4 is 16.4 Å². The smallest absolute Gasteiger partial charge is 0.321 e. The number of hydrogen-bond acceptors (Lipinski definition) is 4. The van der Waals surface area contributed by atoms with Crippen LogP contribution >= 0.6 is 27.7 Å². The maximum Gasteiger partial charge on any atom is 0.321 e. The Kier molecular flexibility index (Phi) is 5.88. The Balaban J connectivity index is 2.48. The van der Waals surface area contributed by atoms with Gasteiger partial charge in [0.1, 0.15) is 0 Å². The van der Waals surface area contributed by atoms with E-state index in [-0.39, 0.29) is 17.2 Å². The quantitative estimate of drug-likeness (QED) is 0.572. The fraction of sp³-hybridized carbons (Fsp3) is 0.385. The molecule has 1 aromatic rings. The lowest BCUT2D eigenvalue weighted by molar-refractivity contribution is -0.117. The van der Waals surface area contributed by atoms with Crippen molar-refractivity contribution in [2.45, 2.75) is 31.2 Å². The molecule has 0 spiro atoms. The normalized spacial score (nSPS) is 11.0. The van der Waals surface area contributed by atoms with Crippen LogP contribution in [0.4, 0.5) is 10.5 Å². The lowest BCUT2D eigenvalue weighted by Gasteiger charge is -2.20. The molecule has 0 aliphatic carbocycles. The van der Waals surface area contributed by atoms with Gasteiger partial charge in [0.05, 0.1) is 5.75 Å². The van der Waals surface area contributed by atoms with E-state index < -0.39 is 6.03 Å². The van der Waals surface area contributed by atoms with Gasteiger partial charge in [0.25, 0.3) is 0 Å². The Hall–Kier alpha value is -1.21. The van der Waals surface area contributed by atoms with Crippen molar-refractivity contribution in [1.82, 2.24) is 10.6 Å². The van der Waals surface area contributed by atoms with Gasteiger partial charge < -0.3 is 11.1 Å². The third kappa shape index (κ3) is 6.29. The average Bonchev–Trinajstić information content (AvgIpc) is 2.27. The van der Waals surface area contributed by atoms with Crippen molar-refractivity contribution < 1.29 is 9.59 Å². The second-order valence-corrected chi connectivity index (χ2v) is 7.16. The van der Waals surface area contributed by atoms with Gasteiger partial charge in [0.15, 0.2) is 0 Å². The Morgan fingerprint density at radius 3 is 2.60 bits per heavy atom. The topological polar surface area (TPSA) is 84.2 Å². The Morgan fingerprint density at radius 1 is 1.35 bits per heavy atom. The number of imide groups is 1. The summed E-state index contributed by atoms with van der Waals surface area (Å²) in [4.78, 5) is 24.0. The van der Waals surface area contributed by atoms with Crippen LogP contribution in [0.1, 0.15) is 20.8 Å². The molecule has 5 nitrogen and oxygen atoms in total. The zero-order valence-corrected chi connectivity index (χ0v) is 14.0. The molecule has 1 aromatic carbocycles. The molecule has 0 aliphatic heterocycles. The molecule has 4 N–H and O–H groups in total. The fourth-order valence-corrected chi connectivity index (χ4v) is 2.63. The number of rotatable bonds is 3. The number of carbonyl (C=O) groups excluding carboxylic acids is 2. The highest BCUT2D eigenvalue weighted by atomic mass is 79.9. The van der Waals surface area contributed by atoms with Gasteiger partial charge in [0.2, 0.25) is 5.91 Å². The predicted molar refractivity (Wildman–Crippen MR) is 85.7 cm³/mol. The second kappa shape index (κ2) is 6.99. The van der Waals surface area contributed by atoms with Crippen molar-refractivity contribution in [3.05, 3.63) is 22.7 Å². The summed E-state index contributed by atoms with van der Waals surface area (Å²) >= 11 is 4.63. The van der Waals surface area contributed by atoms with E-state index in [1.54, 1.807) is 6.07 Å². The first-order valence-electron chi connectivity index (χ1n) is 5.97. The second-order valence-electron chi connectivity index (χ2n) is 5.22. The first kappa shape index (κ1) is 16.8. The molecule has 110 valence electrons. The number of anilines is 1. The molecule has 0 aliphatic rings. The molecule has 0 unspecified atom stereocenters. The molecule has 1 rings (SSSR count). The van der Waals surface area contributed by atoms with Crippen LogP contribution in [0.5, 0.6) is 0 Å². The SMILES string of the molecule is CC(C)(C)NC(=O)NC(=O)CSc1cc(Br)ccc1N.